The highest BCUT2D eigenvalue weighted by Crippen LogP contribution is 2.29. The summed E-state index contributed by atoms with van der Waals surface area (Å²) in [5, 5.41) is 9.24. The second-order valence-electron chi connectivity index (χ2n) is 5.03. The molecule has 1 aliphatic rings. The first-order chi connectivity index (χ1) is 9.45. The molecule has 1 aromatic rings. The van der Waals surface area contributed by atoms with E-state index in [0.717, 1.165) is 0 Å². The Balaban J connectivity index is 2.17. The summed E-state index contributed by atoms with van der Waals surface area (Å²) < 4.78 is 13.4. The number of amides is 1. The number of rotatable bonds is 3. The van der Waals surface area contributed by atoms with Crippen molar-refractivity contribution in [3.8, 4) is 0 Å². The lowest BCUT2D eigenvalue weighted by molar-refractivity contribution is -0.153. The molecule has 20 heavy (non-hydrogen) atoms. The number of likely N-dealkylation sites (tertiary alicyclic amines) is 1. The van der Waals surface area contributed by atoms with Crippen LogP contribution in [0.25, 0.3) is 6.08 Å². The van der Waals surface area contributed by atoms with Crippen molar-refractivity contribution in [3.63, 3.8) is 0 Å². The molecule has 1 aliphatic heterocycles. The number of aliphatic carboxylic acids is 1. The summed E-state index contributed by atoms with van der Waals surface area (Å²) >= 11 is 0. The molecule has 1 fully saturated rings. The van der Waals surface area contributed by atoms with Gasteiger partial charge in [-0.15, -0.1) is 0 Å². The maximum absolute atomic E-state index is 13.4. The first kappa shape index (κ1) is 14.2. The molecule has 1 atom stereocenters. The molecule has 4 nitrogen and oxygen atoms in total. The van der Waals surface area contributed by atoms with Gasteiger partial charge >= 0.3 is 5.97 Å². The van der Waals surface area contributed by atoms with Crippen molar-refractivity contribution >= 4 is 18.0 Å². The van der Waals surface area contributed by atoms with Gasteiger partial charge in [-0.1, -0.05) is 18.2 Å². The summed E-state index contributed by atoms with van der Waals surface area (Å²) in [4.78, 5) is 24.7. The van der Waals surface area contributed by atoms with Crippen LogP contribution in [-0.2, 0) is 9.59 Å². The minimum atomic E-state index is -1.17. The van der Waals surface area contributed by atoms with E-state index in [4.69, 9.17) is 0 Å². The van der Waals surface area contributed by atoms with E-state index in [0.29, 0.717) is 24.9 Å². The van der Waals surface area contributed by atoms with E-state index in [1.54, 1.807) is 18.2 Å². The molecule has 0 saturated carbocycles. The standard InChI is InChI=1S/C15H16FNO3/c1-15(14(19)20)9-4-10-17(15)13(18)8-7-11-5-2-3-6-12(11)16/h2-3,5-8H,4,9-10H2,1H3,(H,19,20). The highest BCUT2D eigenvalue weighted by atomic mass is 19.1. The Hall–Kier alpha value is -2.17. The van der Waals surface area contributed by atoms with E-state index in [9.17, 15) is 19.1 Å². The van der Waals surface area contributed by atoms with E-state index >= 15 is 0 Å². The van der Waals surface area contributed by atoms with Crippen LogP contribution in [0.1, 0.15) is 25.3 Å². The maximum atomic E-state index is 13.4. The summed E-state index contributed by atoms with van der Waals surface area (Å²) in [6, 6.07) is 6.10. The van der Waals surface area contributed by atoms with E-state index in [1.807, 2.05) is 0 Å². The molecule has 0 aliphatic carbocycles. The number of hydrogen-bond donors (Lipinski definition) is 1. The number of carboxylic acid groups (broad SMARTS) is 1. The molecule has 106 valence electrons. The van der Waals surface area contributed by atoms with Gasteiger partial charge in [-0.2, -0.15) is 0 Å². The number of nitrogens with zero attached hydrogens (tertiary/aromatic N) is 1. The second kappa shape index (κ2) is 5.45. The van der Waals surface area contributed by atoms with Crippen LogP contribution in [0.4, 0.5) is 4.39 Å². The van der Waals surface area contributed by atoms with Gasteiger partial charge in [-0.25, -0.2) is 9.18 Å². The molecule has 0 spiro atoms. The van der Waals surface area contributed by atoms with E-state index < -0.39 is 23.2 Å². The Morgan fingerprint density at radius 1 is 1.40 bits per heavy atom. The summed E-state index contributed by atoms with van der Waals surface area (Å²) in [6.45, 7) is 1.94. The normalized spacial score (nSPS) is 22.4. The third-order valence-electron chi connectivity index (χ3n) is 3.68. The van der Waals surface area contributed by atoms with Gasteiger partial charge in [0.1, 0.15) is 11.4 Å². The highest BCUT2D eigenvalue weighted by molar-refractivity contribution is 5.96. The molecular weight excluding hydrogens is 261 g/mol. The number of carbonyl (C=O) groups is 2. The van der Waals surface area contributed by atoms with Crippen LogP contribution in [0.3, 0.4) is 0 Å². The van der Waals surface area contributed by atoms with Crippen LogP contribution in [0.15, 0.2) is 30.3 Å². The Morgan fingerprint density at radius 3 is 2.75 bits per heavy atom. The predicted octanol–water partition coefficient (Wildman–Crippen LogP) is 2.30. The van der Waals surface area contributed by atoms with Crippen molar-refractivity contribution in [2.24, 2.45) is 0 Å². The van der Waals surface area contributed by atoms with Gasteiger partial charge in [0.15, 0.2) is 0 Å². The highest BCUT2D eigenvalue weighted by Gasteiger charge is 2.45. The lowest BCUT2D eigenvalue weighted by atomic mass is 9.99. The molecule has 1 N–H and O–H groups in total. The number of halogens is 1. The molecule has 1 saturated heterocycles. The quantitative estimate of drug-likeness (QED) is 0.862. The molecule has 0 aromatic heterocycles. The van der Waals surface area contributed by atoms with Crippen molar-refractivity contribution in [3.05, 3.63) is 41.7 Å². The van der Waals surface area contributed by atoms with Crippen molar-refractivity contribution in [2.45, 2.75) is 25.3 Å². The fourth-order valence-corrected chi connectivity index (χ4v) is 2.40. The fraction of sp³-hybridized carbons (Fsp3) is 0.333. The van der Waals surface area contributed by atoms with Gasteiger partial charge in [0.25, 0.3) is 0 Å². The minimum Gasteiger partial charge on any atom is -0.480 e. The molecule has 1 heterocycles. The second-order valence-corrected chi connectivity index (χ2v) is 5.03. The number of carboxylic acids is 1. The first-order valence-corrected chi connectivity index (χ1v) is 6.43. The molecule has 1 aromatic carbocycles. The lowest BCUT2D eigenvalue weighted by Gasteiger charge is -2.30. The van der Waals surface area contributed by atoms with E-state index in [1.165, 1.54) is 30.0 Å². The topological polar surface area (TPSA) is 57.6 Å². The Bertz CT molecular complexity index is 570. The van der Waals surface area contributed by atoms with Crippen LogP contribution >= 0.6 is 0 Å². The molecule has 1 amide bonds. The lowest BCUT2D eigenvalue weighted by Crippen LogP contribution is -2.50. The fourth-order valence-electron chi connectivity index (χ4n) is 2.40. The third kappa shape index (κ3) is 2.57. The van der Waals surface area contributed by atoms with Crippen molar-refractivity contribution in [1.29, 1.82) is 0 Å². The zero-order valence-electron chi connectivity index (χ0n) is 11.2. The number of hydrogen-bond acceptors (Lipinski definition) is 2. The van der Waals surface area contributed by atoms with E-state index in [2.05, 4.69) is 0 Å². The zero-order chi connectivity index (χ0) is 14.8. The summed E-state index contributed by atoms with van der Waals surface area (Å²) in [5.41, 5.74) is -0.867. The molecule has 1 unspecified atom stereocenters. The maximum Gasteiger partial charge on any atom is 0.329 e. The molecule has 0 bridgehead atoms. The van der Waals surface area contributed by atoms with Crippen LogP contribution in [-0.4, -0.2) is 34.0 Å². The van der Waals surface area contributed by atoms with Crippen molar-refractivity contribution in [1.82, 2.24) is 4.90 Å². The number of benzene rings is 1. The third-order valence-corrected chi connectivity index (χ3v) is 3.68. The monoisotopic (exact) mass is 277 g/mol. The van der Waals surface area contributed by atoms with Gasteiger partial charge in [-0.3, -0.25) is 4.79 Å². The summed E-state index contributed by atoms with van der Waals surface area (Å²) in [7, 11) is 0. The predicted molar refractivity (Wildman–Crippen MR) is 72.4 cm³/mol. The minimum absolute atomic E-state index is 0.303. The Morgan fingerprint density at radius 2 is 2.10 bits per heavy atom. The van der Waals surface area contributed by atoms with Gasteiger partial charge < -0.3 is 10.0 Å². The van der Waals surface area contributed by atoms with Crippen LogP contribution < -0.4 is 0 Å². The van der Waals surface area contributed by atoms with Crippen LogP contribution in [0.2, 0.25) is 0 Å². The summed E-state index contributed by atoms with van der Waals surface area (Å²) in [6.07, 6.45) is 3.69. The average Bonchev–Trinajstić information content (AvgIpc) is 2.81. The zero-order valence-corrected chi connectivity index (χ0v) is 11.2. The molecular formula is C15H16FNO3. The molecule has 5 heteroatoms. The average molecular weight is 277 g/mol. The van der Waals surface area contributed by atoms with Crippen LogP contribution in [0.5, 0.6) is 0 Å². The van der Waals surface area contributed by atoms with Gasteiger partial charge in [0.2, 0.25) is 5.91 Å². The van der Waals surface area contributed by atoms with Gasteiger partial charge in [0.05, 0.1) is 0 Å². The van der Waals surface area contributed by atoms with Gasteiger partial charge in [-0.05, 0) is 31.9 Å². The first-order valence-electron chi connectivity index (χ1n) is 6.43. The Kier molecular flexibility index (Phi) is 3.88. The van der Waals surface area contributed by atoms with Gasteiger partial charge in [0, 0.05) is 18.2 Å². The van der Waals surface area contributed by atoms with Crippen LogP contribution in [0, 0.1) is 5.82 Å². The summed E-state index contributed by atoms with van der Waals surface area (Å²) in [5.74, 6) is -1.84. The molecule has 0 radical (unpaired) electrons. The Labute approximate surface area is 116 Å². The van der Waals surface area contributed by atoms with E-state index in [-0.39, 0.29) is 0 Å². The molecule has 2 rings (SSSR count). The largest absolute Gasteiger partial charge is 0.480 e. The van der Waals surface area contributed by atoms with Crippen molar-refractivity contribution < 1.29 is 19.1 Å². The smallest absolute Gasteiger partial charge is 0.329 e. The van der Waals surface area contributed by atoms with Crippen molar-refractivity contribution in [2.75, 3.05) is 6.54 Å². The number of carbonyl (C=O) groups excluding carboxylic acids is 1. The SMILES string of the molecule is CC1(C(=O)O)CCCN1C(=O)C=Cc1ccccc1F.